The smallest absolute Gasteiger partial charge is 0.161 e. The summed E-state index contributed by atoms with van der Waals surface area (Å²) < 4.78 is 64.4. The first kappa shape index (κ1) is 32.0. The number of ether oxygens (including phenoxy) is 11. The highest BCUT2D eigenvalue weighted by Gasteiger charge is 2.28. The van der Waals surface area contributed by atoms with Crippen molar-refractivity contribution in [2.75, 3.05) is 119 Å². The molecule has 1 aromatic carbocycles. The van der Waals surface area contributed by atoms with Crippen molar-refractivity contribution in [3.8, 4) is 11.5 Å². The Labute approximate surface area is 232 Å². The van der Waals surface area contributed by atoms with Crippen molar-refractivity contribution < 1.29 is 52.1 Å². The molecule has 1 aromatic rings. The van der Waals surface area contributed by atoms with Gasteiger partial charge in [-0.3, -0.25) is 0 Å². The first-order valence-electron chi connectivity index (χ1n) is 13.8. The first-order chi connectivity index (χ1) is 19.1. The van der Waals surface area contributed by atoms with Crippen LogP contribution in [0.4, 0.5) is 0 Å². The van der Waals surface area contributed by atoms with Crippen LogP contribution in [0.5, 0.6) is 11.5 Å². The molecule has 11 nitrogen and oxygen atoms in total. The van der Waals surface area contributed by atoms with E-state index in [1.165, 1.54) is 0 Å². The Kier molecular flexibility index (Phi) is 15.4. The minimum atomic E-state index is -0.623. The van der Waals surface area contributed by atoms with E-state index in [0.29, 0.717) is 130 Å². The van der Waals surface area contributed by atoms with Gasteiger partial charge in [0.2, 0.25) is 0 Å². The van der Waals surface area contributed by atoms with E-state index in [0.717, 1.165) is 0 Å². The van der Waals surface area contributed by atoms with Crippen LogP contribution < -0.4 is 9.47 Å². The molecule has 2 aliphatic heterocycles. The van der Waals surface area contributed by atoms with Crippen LogP contribution in [0.3, 0.4) is 0 Å². The van der Waals surface area contributed by atoms with Crippen LogP contribution in [-0.2, 0) is 42.6 Å². The molecule has 0 radical (unpaired) electrons. The molecule has 0 saturated carbocycles. The van der Waals surface area contributed by atoms with Crippen molar-refractivity contribution in [2.45, 2.75) is 25.0 Å². The summed E-state index contributed by atoms with van der Waals surface area (Å²) in [7, 11) is 0. The van der Waals surface area contributed by atoms with Gasteiger partial charge in [-0.2, -0.15) is 0 Å². The fraction of sp³-hybridized carbons (Fsp3) is 0.786. The molecule has 2 aliphatic rings. The Morgan fingerprint density at radius 1 is 0.410 bits per heavy atom. The van der Waals surface area contributed by atoms with Crippen LogP contribution in [0.15, 0.2) is 24.3 Å². The maximum Gasteiger partial charge on any atom is 0.161 e. The lowest BCUT2D eigenvalue weighted by molar-refractivity contribution is -0.141. The van der Waals surface area contributed by atoms with Gasteiger partial charge in [-0.25, -0.2) is 0 Å². The zero-order valence-corrected chi connectivity index (χ0v) is 23.5. The summed E-state index contributed by atoms with van der Waals surface area (Å²) in [5, 5.41) is 0. The summed E-state index contributed by atoms with van der Waals surface area (Å²) in [6.07, 6.45) is 0. The number of rotatable bonds is 0. The number of hydrogen-bond donors (Lipinski definition) is 0. The zero-order chi connectivity index (χ0) is 27.5. The summed E-state index contributed by atoms with van der Waals surface area (Å²) in [6.45, 7) is 11.3. The van der Waals surface area contributed by atoms with E-state index in [2.05, 4.69) is 0 Å². The van der Waals surface area contributed by atoms with Gasteiger partial charge in [0.05, 0.1) is 106 Å². The van der Waals surface area contributed by atoms with E-state index >= 15 is 0 Å². The first-order valence-corrected chi connectivity index (χ1v) is 13.8. The fourth-order valence-electron chi connectivity index (χ4n) is 3.87. The van der Waals surface area contributed by atoms with Gasteiger partial charge in [0.25, 0.3) is 0 Å². The van der Waals surface area contributed by atoms with E-state index < -0.39 is 11.2 Å². The molecule has 0 amide bonds. The van der Waals surface area contributed by atoms with Gasteiger partial charge >= 0.3 is 0 Å². The summed E-state index contributed by atoms with van der Waals surface area (Å²) in [4.78, 5) is 0. The number of hydrogen-bond acceptors (Lipinski definition) is 11. The summed E-state index contributed by atoms with van der Waals surface area (Å²) >= 11 is 0. The summed E-state index contributed by atoms with van der Waals surface area (Å²) in [5.41, 5.74) is -1.25. The normalized spacial score (nSPS) is 29.2. The molecule has 2 heterocycles. The Morgan fingerprint density at radius 3 is 1.10 bits per heavy atom. The Morgan fingerprint density at radius 2 is 0.718 bits per heavy atom. The molecule has 1 fully saturated rings. The van der Waals surface area contributed by atoms with Gasteiger partial charge in [-0.1, -0.05) is 12.1 Å². The van der Waals surface area contributed by atoms with Gasteiger partial charge in [0.15, 0.2) is 11.5 Å². The minimum absolute atomic E-state index is 0.362. The Hall–Kier alpha value is -1.54. The highest BCUT2D eigenvalue weighted by atomic mass is 16.6. The largest absolute Gasteiger partial charge is 0.487 e. The molecule has 224 valence electrons. The van der Waals surface area contributed by atoms with Crippen molar-refractivity contribution in [1.82, 2.24) is 0 Å². The van der Waals surface area contributed by atoms with E-state index in [1.54, 1.807) is 0 Å². The maximum absolute atomic E-state index is 6.08. The van der Waals surface area contributed by atoms with E-state index in [1.807, 2.05) is 38.1 Å². The van der Waals surface area contributed by atoms with Gasteiger partial charge in [-0.15, -0.1) is 0 Å². The van der Waals surface area contributed by atoms with E-state index in [9.17, 15) is 0 Å². The maximum atomic E-state index is 6.08. The average molecular weight is 559 g/mol. The molecule has 2 atom stereocenters. The lowest BCUT2D eigenvalue weighted by Crippen LogP contribution is -2.41. The van der Waals surface area contributed by atoms with Gasteiger partial charge in [0.1, 0.15) is 24.4 Å². The third-order valence-electron chi connectivity index (χ3n) is 5.92. The highest BCUT2D eigenvalue weighted by molar-refractivity contribution is 5.39. The lowest BCUT2D eigenvalue weighted by Gasteiger charge is -2.30. The van der Waals surface area contributed by atoms with E-state index in [4.69, 9.17) is 52.1 Å². The molecule has 1 saturated heterocycles. The summed E-state index contributed by atoms with van der Waals surface area (Å²) in [5.74, 6) is 1.33. The zero-order valence-electron chi connectivity index (χ0n) is 23.5. The average Bonchev–Trinajstić information content (AvgIpc) is 2.93. The second-order valence-electron chi connectivity index (χ2n) is 9.79. The van der Waals surface area contributed by atoms with Crippen LogP contribution in [0.1, 0.15) is 13.8 Å². The molecule has 3 rings (SSSR count). The quantitative estimate of drug-likeness (QED) is 0.468. The lowest BCUT2D eigenvalue weighted by atomic mass is 10.1. The molecular formula is C28H46O11. The molecule has 0 N–H and O–H groups in total. The van der Waals surface area contributed by atoms with Crippen LogP contribution >= 0.6 is 0 Å². The predicted octanol–water partition coefficient (Wildman–Crippen LogP) is 2.14. The van der Waals surface area contributed by atoms with Gasteiger partial charge in [-0.05, 0) is 26.0 Å². The minimum Gasteiger partial charge on any atom is -0.487 e. The van der Waals surface area contributed by atoms with Crippen molar-refractivity contribution >= 4 is 0 Å². The molecule has 0 aromatic heterocycles. The molecule has 39 heavy (non-hydrogen) atoms. The van der Waals surface area contributed by atoms with Crippen molar-refractivity contribution in [1.29, 1.82) is 0 Å². The third kappa shape index (κ3) is 13.6. The number of fused-ring (bicyclic) bond motifs is 8. The van der Waals surface area contributed by atoms with Crippen LogP contribution in [0.25, 0.3) is 0 Å². The third-order valence-corrected chi connectivity index (χ3v) is 5.92. The van der Waals surface area contributed by atoms with Gasteiger partial charge in [0, 0.05) is 0 Å². The topological polar surface area (TPSA) is 102 Å². The second kappa shape index (κ2) is 18.7. The van der Waals surface area contributed by atoms with Crippen LogP contribution in [0.2, 0.25) is 0 Å². The van der Waals surface area contributed by atoms with Crippen LogP contribution in [0, 0.1) is 0 Å². The Balaban J connectivity index is 1.56. The molecule has 11 heteroatoms. The van der Waals surface area contributed by atoms with Crippen molar-refractivity contribution in [3.63, 3.8) is 0 Å². The standard InChI is InChI=1S/C28H46O11/c1-27-21-32-9-7-29-13-17-36-25-5-3-4-6-26(25)37-18-14-30-8-10-33-22-28(2,24-35-12-11-34-23-27)39-20-16-31-15-19-38-27/h3-6H,7-24H2,1-2H3/t27-,28+. The number of benzene rings is 1. The molecule has 0 aliphatic carbocycles. The summed E-state index contributed by atoms with van der Waals surface area (Å²) in [6, 6.07) is 7.55. The van der Waals surface area contributed by atoms with Crippen molar-refractivity contribution in [3.05, 3.63) is 24.3 Å². The van der Waals surface area contributed by atoms with Gasteiger partial charge < -0.3 is 52.1 Å². The highest BCUT2D eigenvalue weighted by Crippen LogP contribution is 2.26. The molecule has 0 spiro atoms. The van der Waals surface area contributed by atoms with E-state index in [-0.39, 0.29) is 0 Å². The SMILES string of the molecule is C[C@]12COCCOCCOc3ccccc3OCCOCCOC[C@](C)(COCCOC1)OCCOCCO2. The second-order valence-corrected chi connectivity index (χ2v) is 9.79. The molecule has 0 unspecified atom stereocenters. The van der Waals surface area contributed by atoms with Crippen molar-refractivity contribution in [2.24, 2.45) is 0 Å². The van der Waals surface area contributed by atoms with Crippen LogP contribution in [-0.4, -0.2) is 130 Å². The fourth-order valence-corrected chi connectivity index (χ4v) is 3.87. The molecule has 2 bridgehead atoms. The molecular weight excluding hydrogens is 512 g/mol. The monoisotopic (exact) mass is 558 g/mol. The predicted molar refractivity (Wildman–Crippen MR) is 142 cm³/mol. The number of para-hydroxylation sites is 2. The Bertz CT molecular complexity index is 706.